The molecule has 0 fully saturated rings. The van der Waals surface area contributed by atoms with Gasteiger partial charge in [0.15, 0.2) is 0 Å². The third kappa shape index (κ3) is 5.56. The van der Waals surface area contributed by atoms with Crippen molar-refractivity contribution in [2.45, 2.75) is 79.8 Å². The Bertz CT molecular complexity index is 221. The van der Waals surface area contributed by atoms with E-state index in [1.165, 1.54) is 12.8 Å². The van der Waals surface area contributed by atoms with Gasteiger partial charge in [0.25, 0.3) is 0 Å². The summed E-state index contributed by atoms with van der Waals surface area (Å²) in [6.45, 7) is 12.3. The number of hydrogen-bond acceptors (Lipinski definition) is 2. The lowest BCUT2D eigenvalue weighted by atomic mass is 9.89. The Balaban J connectivity index is 4.30. The van der Waals surface area contributed by atoms with Crippen LogP contribution >= 0.6 is 0 Å². The number of ether oxygens (including phenoxy) is 1. The number of carbonyl (C=O) groups is 1. The molecule has 2 unspecified atom stereocenters. The van der Waals surface area contributed by atoms with Crippen LogP contribution in [0.3, 0.4) is 0 Å². The van der Waals surface area contributed by atoms with Crippen LogP contribution in [0.4, 0.5) is 0 Å². The van der Waals surface area contributed by atoms with E-state index < -0.39 is 0 Å². The van der Waals surface area contributed by atoms with Crippen LogP contribution < -0.4 is 0 Å². The Kier molecular flexibility index (Phi) is 7.49. The fourth-order valence-corrected chi connectivity index (χ4v) is 1.81. The van der Waals surface area contributed by atoms with E-state index in [1.807, 2.05) is 27.7 Å². The van der Waals surface area contributed by atoms with Crippen LogP contribution in [0, 0.1) is 11.3 Å². The van der Waals surface area contributed by atoms with Crippen LogP contribution in [0.15, 0.2) is 0 Å². The summed E-state index contributed by atoms with van der Waals surface area (Å²) < 4.78 is 5.62. The molecule has 0 bridgehead atoms. The summed E-state index contributed by atoms with van der Waals surface area (Å²) in [5.74, 6) is 0.453. The largest absolute Gasteiger partial charge is 0.462 e. The number of hydrogen-bond donors (Lipinski definition) is 0. The van der Waals surface area contributed by atoms with E-state index in [-0.39, 0.29) is 17.5 Å². The van der Waals surface area contributed by atoms with Gasteiger partial charge in [0.2, 0.25) is 0 Å². The molecule has 0 heterocycles. The predicted octanol–water partition coefficient (Wildman–Crippen LogP) is 4.57. The number of rotatable bonds is 8. The first-order chi connectivity index (χ1) is 7.88. The van der Waals surface area contributed by atoms with E-state index in [1.54, 1.807) is 0 Å². The molecule has 0 aromatic heterocycles. The van der Waals surface area contributed by atoms with E-state index >= 15 is 0 Å². The van der Waals surface area contributed by atoms with E-state index in [2.05, 4.69) is 13.8 Å². The first kappa shape index (κ1) is 16.5. The van der Waals surface area contributed by atoms with E-state index in [0.29, 0.717) is 5.92 Å². The summed E-state index contributed by atoms with van der Waals surface area (Å²) in [6, 6.07) is 0. The first-order valence-corrected chi connectivity index (χ1v) is 7.10. The maximum Gasteiger partial charge on any atom is 0.311 e. The highest BCUT2D eigenvalue weighted by atomic mass is 16.5. The topological polar surface area (TPSA) is 26.3 Å². The summed E-state index contributed by atoms with van der Waals surface area (Å²) in [6.07, 6.45) is 5.54. The van der Waals surface area contributed by atoms with Crippen molar-refractivity contribution >= 4 is 5.97 Å². The Morgan fingerprint density at radius 3 is 2.24 bits per heavy atom. The second kappa shape index (κ2) is 7.73. The van der Waals surface area contributed by atoms with Crippen molar-refractivity contribution in [2.75, 3.05) is 0 Å². The van der Waals surface area contributed by atoms with Gasteiger partial charge in [-0.1, -0.05) is 33.6 Å². The molecule has 2 heteroatoms. The Morgan fingerprint density at radius 1 is 1.24 bits per heavy atom. The van der Waals surface area contributed by atoms with Crippen molar-refractivity contribution in [3.05, 3.63) is 0 Å². The van der Waals surface area contributed by atoms with Crippen molar-refractivity contribution in [3.63, 3.8) is 0 Å². The van der Waals surface area contributed by atoms with Gasteiger partial charge in [0.1, 0.15) is 6.10 Å². The van der Waals surface area contributed by atoms with Crippen LogP contribution in [0.1, 0.15) is 73.6 Å². The first-order valence-electron chi connectivity index (χ1n) is 7.10. The van der Waals surface area contributed by atoms with Crippen molar-refractivity contribution in [2.24, 2.45) is 11.3 Å². The molecular weight excluding hydrogens is 212 g/mol. The molecule has 2 atom stereocenters. The van der Waals surface area contributed by atoms with Gasteiger partial charge in [-0.25, -0.2) is 0 Å². The van der Waals surface area contributed by atoms with Crippen molar-refractivity contribution in [1.82, 2.24) is 0 Å². The average molecular weight is 242 g/mol. The van der Waals surface area contributed by atoms with Crippen LogP contribution in [0.25, 0.3) is 0 Å². The molecule has 0 N–H and O–H groups in total. The Hall–Kier alpha value is -0.530. The van der Waals surface area contributed by atoms with E-state index in [0.717, 1.165) is 19.3 Å². The average Bonchev–Trinajstić information content (AvgIpc) is 2.29. The lowest BCUT2D eigenvalue weighted by molar-refractivity contribution is -0.161. The fourth-order valence-electron chi connectivity index (χ4n) is 1.81. The van der Waals surface area contributed by atoms with Gasteiger partial charge in [-0.3, -0.25) is 4.79 Å². The lowest BCUT2D eigenvalue weighted by Gasteiger charge is -2.27. The van der Waals surface area contributed by atoms with Crippen molar-refractivity contribution in [1.29, 1.82) is 0 Å². The van der Waals surface area contributed by atoms with Gasteiger partial charge in [-0.05, 0) is 46.0 Å². The molecule has 0 rings (SSSR count). The Labute approximate surface area is 107 Å². The minimum atomic E-state index is -0.350. The highest BCUT2D eigenvalue weighted by Gasteiger charge is 2.30. The molecule has 0 aliphatic rings. The van der Waals surface area contributed by atoms with Gasteiger partial charge in [0, 0.05) is 0 Å². The highest BCUT2D eigenvalue weighted by molar-refractivity contribution is 5.75. The molecule has 0 saturated heterocycles. The van der Waals surface area contributed by atoms with Crippen LogP contribution in [-0.4, -0.2) is 12.1 Å². The smallest absolute Gasteiger partial charge is 0.311 e. The van der Waals surface area contributed by atoms with E-state index in [9.17, 15) is 4.79 Å². The highest BCUT2D eigenvalue weighted by Crippen LogP contribution is 2.25. The number of carbonyl (C=O) groups excluding carboxylic acids is 1. The summed E-state index contributed by atoms with van der Waals surface area (Å²) >= 11 is 0. The Morgan fingerprint density at radius 2 is 1.82 bits per heavy atom. The third-order valence-corrected chi connectivity index (χ3v) is 3.85. The van der Waals surface area contributed by atoms with Crippen LogP contribution in [0.2, 0.25) is 0 Å². The zero-order valence-electron chi connectivity index (χ0n) is 12.5. The second-order valence-corrected chi connectivity index (χ2v) is 5.66. The molecule has 102 valence electrons. The maximum absolute atomic E-state index is 12.0. The minimum Gasteiger partial charge on any atom is -0.462 e. The third-order valence-electron chi connectivity index (χ3n) is 3.85. The zero-order valence-corrected chi connectivity index (χ0v) is 12.5. The summed E-state index contributed by atoms with van der Waals surface area (Å²) in [4.78, 5) is 12.0. The normalized spacial score (nSPS) is 15.4. The van der Waals surface area contributed by atoms with Gasteiger partial charge in [0.05, 0.1) is 5.41 Å². The molecule has 0 spiro atoms. The summed E-state index contributed by atoms with van der Waals surface area (Å²) in [5.41, 5.74) is -0.350. The SMILES string of the molecule is CCCCC(CC)C(C)OC(=O)C(C)(C)CC. The zero-order chi connectivity index (χ0) is 13.5. The number of unbranched alkanes of at least 4 members (excludes halogenated alkanes) is 1. The fraction of sp³-hybridized carbons (Fsp3) is 0.933. The maximum atomic E-state index is 12.0. The summed E-state index contributed by atoms with van der Waals surface area (Å²) in [5, 5.41) is 0. The monoisotopic (exact) mass is 242 g/mol. The minimum absolute atomic E-state index is 0.0462. The number of esters is 1. The molecule has 0 aliphatic carbocycles. The molecule has 0 aromatic rings. The summed E-state index contributed by atoms with van der Waals surface area (Å²) in [7, 11) is 0. The molecule has 2 nitrogen and oxygen atoms in total. The van der Waals surface area contributed by atoms with Gasteiger partial charge < -0.3 is 4.74 Å². The molecule has 0 radical (unpaired) electrons. The quantitative estimate of drug-likeness (QED) is 0.583. The molecule has 0 amide bonds. The predicted molar refractivity (Wildman–Crippen MR) is 72.9 cm³/mol. The van der Waals surface area contributed by atoms with Crippen molar-refractivity contribution in [3.8, 4) is 0 Å². The van der Waals surface area contributed by atoms with Gasteiger partial charge in [-0.15, -0.1) is 0 Å². The molecule has 0 aliphatic heterocycles. The molecule has 0 aromatic carbocycles. The van der Waals surface area contributed by atoms with Crippen LogP contribution in [-0.2, 0) is 9.53 Å². The molecular formula is C15H30O2. The molecule has 17 heavy (non-hydrogen) atoms. The molecule has 0 saturated carbocycles. The standard InChI is InChI=1S/C15H30O2/c1-7-10-11-13(8-2)12(4)17-14(16)15(5,6)9-3/h12-13H,7-11H2,1-6H3. The van der Waals surface area contributed by atoms with Gasteiger partial charge in [-0.2, -0.15) is 0 Å². The lowest BCUT2D eigenvalue weighted by Crippen LogP contribution is -2.32. The van der Waals surface area contributed by atoms with Crippen LogP contribution in [0.5, 0.6) is 0 Å². The van der Waals surface area contributed by atoms with Crippen molar-refractivity contribution < 1.29 is 9.53 Å². The van der Waals surface area contributed by atoms with E-state index in [4.69, 9.17) is 4.74 Å². The van der Waals surface area contributed by atoms with Gasteiger partial charge >= 0.3 is 5.97 Å². The second-order valence-electron chi connectivity index (χ2n) is 5.66.